The van der Waals surface area contributed by atoms with Crippen LogP contribution in [0, 0.1) is 29.4 Å². The summed E-state index contributed by atoms with van der Waals surface area (Å²) in [5.74, 6) is -1.03. The van der Waals surface area contributed by atoms with E-state index in [9.17, 15) is 30.4 Å². The molecule has 0 radical (unpaired) electrons. The topological polar surface area (TPSA) is 107 Å². The maximum absolute atomic E-state index is 14.2. The fraction of sp³-hybridized carbons (Fsp3) is 0.767. The highest BCUT2D eigenvalue weighted by Gasteiger charge is 2.35. The van der Waals surface area contributed by atoms with E-state index in [0.29, 0.717) is 63.8 Å². The minimum atomic E-state index is -3.27. The number of rotatable bonds is 11. The number of nitrogens with zero attached hydrogens (tertiary/aromatic N) is 3. The van der Waals surface area contributed by atoms with Crippen molar-refractivity contribution in [1.82, 2.24) is 18.8 Å². The molecular formula is C30H48F2N4O5S2. The molecule has 9 nitrogen and oxygen atoms in total. The number of hydrogen-bond acceptors (Lipinski definition) is 6. The minimum absolute atomic E-state index is 0.0624. The molecule has 244 valence electrons. The van der Waals surface area contributed by atoms with Gasteiger partial charge in [-0.3, -0.25) is 4.79 Å². The summed E-state index contributed by atoms with van der Waals surface area (Å²) in [5.41, 5.74) is 0.630. The molecule has 1 aromatic carbocycles. The predicted molar refractivity (Wildman–Crippen MR) is 163 cm³/mol. The summed E-state index contributed by atoms with van der Waals surface area (Å²) in [6.07, 6.45) is 8.21. The lowest BCUT2D eigenvalue weighted by atomic mass is 9.78. The second kappa shape index (κ2) is 14.6. The van der Waals surface area contributed by atoms with Gasteiger partial charge in [-0.15, -0.1) is 0 Å². The number of nitrogens with one attached hydrogen (secondary N) is 1. The molecule has 43 heavy (non-hydrogen) atoms. The van der Waals surface area contributed by atoms with E-state index in [1.54, 1.807) is 0 Å². The summed E-state index contributed by atoms with van der Waals surface area (Å²) in [6, 6.07) is 3.79. The number of hydrogen-bond donors (Lipinski definition) is 1. The summed E-state index contributed by atoms with van der Waals surface area (Å²) >= 11 is 0. The van der Waals surface area contributed by atoms with Crippen LogP contribution in [0.2, 0.25) is 0 Å². The van der Waals surface area contributed by atoms with Gasteiger partial charge < -0.3 is 10.2 Å². The maximum atomic E-state index is 14.2. The zero-order valence-corrected chi connectivity index (χ0v) is 27.3. The number of halogens is 2. The van der Waals surface area contributed by atoms with Gasteiger partial charge in [-0.1, -0.05) is 6.92 Å². The monoisotopic (exact) mass is 646 g/mol. The van der Waals surface area contributed by atoms with Gasteiger partial charge in [0.1, 0.15) is 11.6 Å². The number of likely N-dealkylation sites (tertiary alicyclic amines) is 1. The van der Waals surface area contributed by atoms with Gasteiger partial charge >= 0.3 is 0 Å². The van der Waals surface area contributed by atoms with E-state index in [1.807, 2.05) is 6.92 Å². The van der Waals surface area contributed by atoms with Crippen molar-refractivity contribution < 1.29 is 30.4 Å². The third-order valence-corrected chi connectivity index (χ3v) is 12.5. The Hall–Kier alpha value is -1.67. The lowest BCUT2D eigenvalue weighted by molar-refractivity contribution is -0.128. The van der Waals surface area contributed by atoms with Crippen LogP contribution in [0.3, 0.4) is 0 Å². The van der Waals surface area contributed by atoms with Gasteiger partial charge in [-0.05, 0) is 93.4 Å². The first-order valence-corrected chi connectivity index (χ1v) is 19.3. The molecule has 3 fully saturated rings. The van der Waals surface area contributed by atoms with Gasteiger partial charge in [0.05, 0.1) is 12.5 Å². The Morgan fingerprint density at radius 1 is 0.814 bits per heavy atom. The highest BCUT2D eigenvalue weighted by atomic mass is 32.2. The van der Waals surface area contributed by atoms with Gasteiger partial charge in [-0.25, -0.2) is 34.2 Å². The molecule has 0 saturated carbocycles. The van der Waals surface area contributed by atoms with Crippen molar-refractivity contribution >= 4 is 26.0 Å². The van der Waals surface area contributed by atoms with E-state index in [0.717, 1.165) is 45.0 Å². The zero-order chi connectivity index (χ0) is 31.4. The number of amides is 1. The minimum Gasteiger partial charge on any atom is -0.353 e. The molecule has 3 heterocycles. The smallest absolute Gasteiger partial charge is 0.223 e. The molecule has 0 spiro atoms. The van der Waals surface area contributed by atoms with E-state index >= 15 is 0 Å². The summed E-state index contributed by atoms with van der Waals surface area (Å²) in [6.45, 7) is 6.15. The number of piperidine rings is 3. The number of benzene rings is 1. The molecule has 2 unspecified atom stereocenters. The van der Waals surface area contributed by atoms with Crippen molar-refractivity contribution in [2.45, 2.75) is 70.3 Å². The zero-order valence-electron chi connectivity index (χ0n) is 25.7. The fourth-order valence-electron chi connectivity index (χ4n) is 7.35. The molecule has 13 heteroatoms. The van der Waals surface area contributed by atoms with Crippen molar-refractivity contribution in [2.75, 3.05) is 58.3 Å². The van der Waals surface area contributed by atoms with Crippen molar-refractivity contribution in [1.29, 1.82) is 0 Å². The molecule has 1 aromatic rings. The van der Waals surface area contributed by atoms with Crippen LogP contribution in [0.4, 0.5) is 8.78 Å². The van der Waals surface area contributed by atoms with Crippen LogP contribution >= 0.6 is 0 Å². The summed E-state index contributed by atoms with van der Waals surface area (Å²) in [7, 11) is -6.47. The molecule has 3 saturated heterocycles. The second-order valence-electron chi connectivity index (χ2n) is 12.7. The molecule has 4 rings (SSSR count). The van der Waals surface area contributed by atoms with Gasteiger partial charge in [0.25, 0.3) is 0 Å². The Bertz CT molecular complexity index is 1290. The van der Waals surface area contributed by atoms with E-state index in [-0.39, 0.29) is 35.6 Å². The van der Waals surface area contributed by atoms with Crippen molar-refractivity contribution in [3.63, 3.8) is 0 Å². The van der Waals surface area contributed by atoms with Gasteiger partial charge in [0, 0.05) is 57.3 Å². The van der Waals surface area contributed by atoms with Crippen LogP contribution in [-0.2, 0) is 24.8 Å². The molecule has 3 aliphatic rings. The molecule has 1 N–H and O–H groups in total. The first-order valence-electron chi connectivity index (χ1n) is 15.6. The third kappa shape index (κ3) is 9.42. The van der Waals surface area contributed by atoms with Crippen LogP contribution in [0.5, 0.6) is 0 Å². The first-order chi connectivity index (χ1) is 20.2. The van der Waals surface area contributed by atoms with Crippen LogP contribution in [0.1, 0.15) is 69.8 Å². The van der Waals surface area contributed by atoms with Gasteiger partial charge in [-0.2, -0.15) is 0 Å². The highest BCUT2D eigenvalue weighted by Crippen LogP contribution is 2.37. The largest absolute Gasteiger partial charge is 0.353 e. The van der Waals surface area contributed by atoms with E-state index in [1.165, 1.54) is 33.3 Å². The van der Waals surface area contributed by atoms with Crippen LogP contribution in [0.15, 0.2) is 18.2 Å². The van der Waals surface area contributed by atoms with Gasteiger partial charge in [0.15, 0.2) is 0 Å². The summed E-state index contributed by atoms with van der Waals surface area (Å²) in [4.78, 5) is 15.6. The van der Waals surface area contributed by atoms with Crippen LogP contribution < -0.4 is 5.32 Å². The van der Waals surface area contributed by atoms with Gasteiger partial charge in [0.2, 0.25) is 26.0 Å². The van der Waals surface area contributed by atoms with Crippen LogP contribution in [-0.4, -0.2) is 101 Å². The summed E-state index contributed by atoms with van der Waals surface area (Å²) in [5, 5.41) is 3.27. The standard InChI is InChI=1S/C30H48F2N4O5S2/c1-4-28(22-5-15-35(16-6-22)42(2,38)39)30(37)33-27-9-12-34(13-10-27)14-11-29(24-19-25(31)21-26(32)20-24)23-7-17-36(18-8-23)43(3,40)41/h19-23,27-29H,4-18H2,1-3H3,(H,33,37). The fourth-order valence-corrected chi connectivity index (χ4v) is 9.10. The first kappa shape index (κ1) is 34.2. The molecule has 0 bridgehead atoms. The molecular weight excluding hydrogens is 598 g/mol. The Balaban J connectivity index is 1.29. The molecule has 0 aromatic heterocycles. The number of carbonyl (C=O) groups excluding carboxylic acids is 1. The number of carbonyl (C=O) groups is 1. The lowest BCUT2D eigenvalue weighted by Gasteiger charge is -2.38. The summed E-state index contributed by atoms with van der Waals surface area (Å²) < 4.78 is 79.1. The molecule has 1 amide bonds. The average Bonchev–Trinajstić information content (AvgIpc) is 2.93. The maximum Gasteiger partial charge on any atom is 0.223 e. The van der Waals surface area contributed by atoms with Crippen molar-refractivity contribution in [3.8, 4) is 0 Å². The Kier molecular flexibility index (Phi) is 11.6. The Morgan fingerprint density at radius 2 is 1.30 bits per heavy atom. The average molecular weight is 647 g/mol. The molecule has 3 aliphatic heterocycles. The Morgan fingerprint density at radius 3 is 1.77 bits per heavy atom. The second-order valence-corrected chi connectivity index (χ2v) is 16.7. The normalized spacial score (nSPS) is 22.8. The van der Waals surface area contributed by atoms with E-state index in [2.05, 4.69) is 10.2 Å². The highest BCUT2D eigenvalue weighted by molar-refractivity contribution is 7.88. The molecule has 2 atom stereocenters. The predicted octanol–water partition coefficient (Wildman–Crippen LogP) is 3.39. The van der Waals surface area contributed by atoms with E-state index in [4.69, 9.17) is 0 Å². The molecule has 0 aliphatic carbocycles. The lowest BCUT2D eigenvalue weighted by Crippen LogP contribution is -2.48. The quantitative estimate of drug-likeness (QED) is 0.395. The van der Waals surface area contributed by atoms with E-state index < -0.39 is 31.7 Å². The van der Waals surface area contributed by atoms with Crippen LogP contribution in [0.25, 0.3) is 0 Å². The van der Waals surface area contributed by atoms with Crippen molar-refractivity contribution in [3.05, 3.63) is 35.4 Å². The van der Waals surface area contributed by atoms with Crippen molar-refractivity contribution in [2.24, 2.45) is 17.8 Å². The SMILES string of the molecule is CCC(C(=O)NC1CCN(CCC(c2cc(F)cc(F)c2)C2CCN(S(C)(=O)=O)CC2)CC1)C1CCN(S(C)(=O)=O)CC1. The third-order valence-electron chi connectivity index (χ3n) is 9.85. The number of sulfonamides is 2. The Labute approximate surface area is 256 Å².